The summed E-state index contributed by atoms with van der Waals surface area (Å²) in [6, 6.07) is 8.29. The summed E-state index contributed by atoms with van der Waals surface area (Å²) < 4.78 is 24.5. The fourth-order valence-corrected chi connectivity index (χ4v) is 2.62. The van der Waals surface area contributed by atoms with Crippen LogP contribution in [-0.2, 0) is 16.6 Å². The van der Waals surface area contributed by atoms with Crippen LogP contribution in [0.5, 0.6) is 0 Å². The summed E-state index contributed by atoms with van der Waals surface area (Å²) >= 11 is 0. The van der Waals surface area contributed by atoms with E-state index in [2.05, 4.69) is 39.0 Å². The van der Waals surface area contributed by atoms with Gasteiger partial charge in [0.05, 0.1) is 6.26 Å². The Bertz CT molecular complexity index is 620. The molecule has 0 spiro atoms. The van der Waals surface area contributed by atoms with E-state index in [1.807, 2.05) is 26.1 Å². The monoisotopic (exact) mass is 468 g/mol. The normalized spacial score (nSPS) is 11.8. The van der Waals surface area contributed by atoms with Crippen molar-refractivity contribution in [2.75, 3.05) is 32.9 Å². The molecule has 0 saturated carbocycles. The highest BCUT2D eigenvalue weighted by atomic mass is 127. The molecule has 1 rings (SSSR count). The average Bonchev–Trinajstić information content (AvgIpc) is 2.47. The van der Waals surface area contributed by atoms with Gasteiger partial charge in [0, 0.05) is 33.2 Å². The van der Waals surface area contributed by atoms with Crippen molar-refractivity contribution in [3.63, 3.8) is 0 Å². The first-order valence-corrected chi connectivity index (χ1v) is 9.71. The molecule has 1 aromatic carbocycles. The maximum atomic E-state index is 11.0. The van der Waals surface area contributed by atoms with Crippen molar-refractivity contribution < 1.29 is 8.42 Å². The van der Waals surface area contributed by atoms with Gasteiger partial charge in [0.15, 0.2) is 5.96 Å². The van der Waals surface area contributed by atoms with Gasteiger partial charge in [-0.15, -0.1) is 24.0 Å². The number of nitrogens with one attached hydrogen (secondary N) is 2. The summed E-state index contributed by atoms with van der Waals surface area (Å²) in [4.78, 5) is 6.63. The molecule has 0 unspecified atom stereocenters. The van der Waals surface area contributed by atoms with Gasteiger partial charge in [0.2, 0.25) is 10.0 Å². The van der Waals surface area contributed by atoms with Crippen LogP contribution in [-0.4, -0.2) is 52.2 Å². The molecule has 0 aliphatic heterocycles. The molecule has 138 valence electrons. The maximum Gasteiger partial charge on any atom is 0.208 e. The minimum atomic E-state index is -3.12. The van der Waals surface area contributed by atoms with Crippen LogP contribution in [0.2, 0.25) is 0 Å². The van der Waals surface area contributed by atoms with E-state index in [4.69, 9.17) is 0 Å². The summed E-state index contributed by atoms with van der Waals surface area (Å²) in [5.74, 6) is 0.829. The topological polar surface area (TPSA) is 73.8 Å². The molecular weight excluding hydrogens is 439 g/mol. The fourth-order valence-electron chi connectivity index (χ4n) is 2.11. The fraction of sp³-hybridized carbons (Fsp3) is 0.562. The highest BCUT2D eigenvalue weighted by Gasteiger charge is 2.07. The Morgan fingerprint density at radius 3 is 2.54 bits per heavy atom. The molecule has 0 fully saturated rings. The first-order valence-electron chi connectivity index (χ1n) is 7.82. The van der Waals surface area contributed by atoms with Gasteiger partial charge < -0.3 is 10.2 Å². The van der Waals surface area contributed by atoms with E-state index >= 15 is 0 Å². The predicted octanol–water partition coefficient (Wildman–Crippen LogP) is 1.95. The number of halogens is 1. The van der Waals surface area contributed by atoms with Crippen LogP contribution in [0.4, 0.5) is 0 Å². The van der Waals surface area contributed by atoms with Gasteiger partial charge in [0.1, 0.15) is 0 Å². The summed E-state index contributed by atoms with van der Waals surface area (Å²) in [6.07, 6.45) is 1.83. The Morgan fingerprint density at radius 1 is 1.29 bits per heavy atom. The molecule has 0 aliphatic rings. The Hall–Kier alpha value is -0.870. The van der Waals surface area contributed by atoms with Crippen LogP contribution in [0.25, 0.3) is 0 Å². The van der Waals surface area contributed by atoms with Crippen LogP contribution < -0.4 is 10.0 Å². The number of hydrogen-bond acceptors (Lipinski definition) is 3. The Labute approximate surface area is 163 Å². The molecule has 6 nitrogen and oxygen atoms in total. The van der Waals surface area contributed by atoms with Crippen molar-refractivity contribution in [1.29, 1.82) is 0 Å². The number of rotatable bonds is 8. The summed E-state index contributed by atoms with van der Waals surface area (Å²) in [6.45, 7) is 6.68. The van der Waals surface area contributed by atoms with Crippen molar-refractivity contribution in [2.24, 2.45) is 4.99 Å². The third kappa shape index (κ3) is 9.43. The first kappa shape index (κ1) is 23.1. The van der Waals surface area contributed by atoms with Gasteiger partial charge in [0.25, 0.3) is 0 Å². The molecule has 0 amide bonds. The maximum absolute atomic E-state index is 11.0. The number of nitrogens with zero attached hydrogens (tertiary/aromatic N) is 2. The van der Waals surface area contributed by atoms with E-state index in [0.717, 1.165) is 25.3 Å². The van der Waals surface area contributed by atoms with E-state index in [-0.39, 0.29) is 24.0 Å². The zero-order valence-electron chi connectivity index (χ0n) is 14.9. The molecule has 1 aromatic rings. The molecule has 0 aliphatic carbocycles. The van der Waals surface area contributed by atoms with E-state index in [1.165, 1.54) is 11.1 Å². The second-order valence-electron chi connectivity index (χ2n) is 5.54. The van der Waals surface area contributed by atoms with Gasteiger partial charge in [-0.1, -0.05) is 24.3 Å². The number of hydrogen-bond donors (Lipinski definition) is 2. The second kappa shape index (κ2) is 11.6. The van der Waals surface area contributed by atoms with E-state index < -0.39 is 10.0 Å². The van der Waals surface area contributed by atoms with Crippen molar-refractivity contribution in [3.8, 4) is 0 Å². The molecule has 8 heteroatoms. The third-order valence-electron chi connectivity index (χ3n) is 3.33. The summed E-state index contributed by atoms with van der Waals surface area (Å²) in [5, 5.41) is 3.27. The average molecular weight is 468 g/mol. The zero-order valence-corrected chi connectivity index (χ0v) is 18.0. The van der Waals surface area contributed by atoms with Crippen LogP contribution >= 0.6 is 24.0 Å². The van der Waals surface area contributed by atoms with Gasteiger partial charge >= 0.3 is 0 Å². The van der Waals surface area contributed by atoms with Crippen LogP contribution in [0.1, 0.15) is 24.5 Å². The second-order valence-corrected chi connectivity index (χ2v) is 7.37. The van der Waals surface area contributed by atoms with Crippen molar-refractivity contribution >= 4 is 40.0 Å². The minimum absolute atomic E-state index is 0. The molecule has 0 heterocycles. The lowest BCUT2D eigenvalue weighted by atomic mass is 10.1. The lowest BCUT2D eigenvalue weighted by molar-refractivity contribution is 0.475. The minimum Gasteiger partial charge on any atom is -0.357 e. The van der Waals surface area contributed by atoms with E-state index in [9.17, 15) is 8.42 Å². The first-order chi connectivity index (χ1) is 10.8. The van der Waals surface area contributed by atoms with Crippen LogP contribution in [0.15, 0.2) is 29.3 Å². The number of aliphatic imine (C=N–C) groups is 1. The standard InChI is InChI=1S/C16H28N4O2S.HI/c1-5-17-16(18-11-8-12-19-23(4,21)22)20(3)13-15-10-7-6-9-14(15)2;/h6-7,9-10,19H,5,8,11-13H2,1-4H3,(H,17,18);1H. The summed E-state index contributed by atoms with van der Waals surface area (Å²) in [7, 11) is -1.12. The van der Waals surface area contributed by atoms with Gasteiger partial charge in [-0.2, -0.15) is 0 Å². The highest BCUT2D eigenvalue weighted by molar-refractivity contribution is 14.0. The van der Waals surface area contributed by atoms with Gasteiger partial charge in [-0.3, -0.25) is 4.99 Å². The van der Waals surface area contributed by atoms with Gasteiger partial charge in [-0.25, -0.2) is 13.1 Å². The SMILES string of the molecule is CCNC(=NCCCNS(C)(=O)=O)N(C)Cc1ccccc1C.I. The van der Waals surface area contributed by atoms with Crippen LogP contribution in [0, 0.1) is 6.92 Å². The quantitative estimate of drug-likeness (QED) is 0.265. The smallest absolute Gasteiger partial charge is 0.208 e. The van der Waals surface area contributed by atoms with Gasteiger partial charge in [-0.05, 0) is 31.4 Å². The molecule has 0 radical (unpaired) electrons. The molecule has 0 aromatic heterocycles. The molecule has 0 atom stereocenters. The number of guanidine groups is 1. The summed E-state index contributed by atoms with van der Waals surface area (Å²) in [5.41, 5.74) is 2.52. The molecule has 24 heavy (non-hydrogen) atoms. The predicted molar refractivity (Wildman–Crippen MR) is 112 cm³/mol. The lowest BCUT2D eigenvalue weighted by Gasteiger charge is -2.23. The highest BCUT2D eigenvalue weighted by Crippen LogP contribution is 2.09. The van der Waals surface area contributed by atoms with E-state index in [1.54, 1.807) is 0 Å². The number of benzene rings is 1. The Morgan fingerprint density at radius 2 is 1.96 bits per heavy atom. The number of aryl methyl sites for hydroxylation is 1. The lowest BCUT2D eigenvalue weighted by Crippen LogP contribution is -2.38. The van der Waals surface area contributed by atoms with Crippen molar-refractivity contribution in [2.45, 2.75) is 26.8 Å². The molecule has 0 saturated heterocycles. The number of sulfonamides is 1. The third-order valence-corrected chi connectivity index (χ3v) is 4.05. The van der Waals surface area contributed by atoms with Crippen LogP contribution in [0.3, 0.4) is 0 Å². The largest absolute Gasteiger partial charge is 0.357 e. The van der Waals surface area contributed by atoms with Crippen molar-refractivity contribution in [3.05, 3.63) is 35.4 Å². The Kier molecular flexibility index (Phi) is 11.2. The zero-order chi connectivity index (χ0) is 17.3. The molecule has 2 N–H and O–H groups in total. The van der Waals surface area contributed by atoms with E-state index in [0.29, 0.717) is 19.5 Å². The van der Waals surface area contributed by atoms with Crippen molar-refractivity contribution in [1.82, 2.24) is 14.9 Å². The molecule has 0 bridgehead atoms. The Balaban J connectivity index is 0.00000529. The molecular formula is C16H29IN4O2S.